The molecular formula is C5H7N3O. The van der Waals surface area contributed by atoms with E-state index in [1.54, 1.807) is 6.20 Å². The van der Waals surface area contributed by atoms with Gasteiger partial charge in [0.1, 0.15) is 5.69 Å². The summed E-state index contributed by atoms with van der Waals surface area (Å²) in [5.41, 5.74) is 4.83. The SMILES string of the molecule is c1n[nH]c2c1NOCC2. The second-order valence-corrected chi connectivity index (χ2v) is 1.96. The van der Waals surface area contributed by atoms with Crippen LogP contribution in [0, 0.1) is 0 Å². The molecule has 2 rings (SSSR count). The summed E-state index contributed by atoms with van der Waals surface area (Å²) >= 11 is 0. The van der Waals surface area contributed by atoms with E-state index in [-0.39, 0.29) is 0 Å². The highest BCUT2D eigenvalue weighted by atomic mass is 16.6. The average Bonchev–Trinajstić information content (AvgIpc) is 2.33. The molecule has 0 radical (unpaired) electrons. The Kier molecular flexibility index (Phi) is 0.927. The molecule has 1 aliphatic heterocycles. The van der Waals surface area contributed by atoms with Gasteiger partial charge in [-0.25, -0.2) is 0 Å². The number of nitrogens with zero attached hydrogens (tertiary/aromatic N) is 1. The monoisotopic (exact) mass is 125 g/mol. The maximum absolute atomic E-state index is 4.94. The van der Waals surface area contributed by atoms with E-state index >= 15 is 0 Å². The van der Waals surface area contributed by atoms with Crippen LogP contribution in [0.2, 0.25) is 0 Å². The third-order valence-electron chi connectivity index (χ3n) is 1.35. The van der Waals surface area contributed by atoms with Gasteiger partial charge in [0.25, 0.3) is 0 Å². The molecular weight excluding hydrogens is 118 g/mol. The van der Waals surface area contributed by atoms with Crippen LogP contribution in [0.15, 0.2) is 6.20 Å². The normalized spacial score (nSPS) is 16.4. The molecule has 0 fully saturated rings. The standard InChI is InChI=1S/C5H7N3O/c1-2-9-8-5-3-6-7-4(1)5/h3,8H,1-2H2,(H,6,7). The summed E-state index contributed by atoms with van der Waals surface area (Å²) in [4.78, 5) is 4.94. The van der Waals surface area contributed by atoms with E-state index in [2.05, 4.69) is 15.7 Å². The van der Waals surface area contributed by atoms with Crippen LogP contribution in [-0.4, -0.2) is 16.8 Å². The lowest BCUT2D eigenvalue weighted by molar-refractivity contribution is 0.186. The predicted octanol–water partition coefficient (Wildman–Crippen LogP) is 0.309. The topological polar surface area (TPSA) is 49.9 Å². The zero-order valence-corrected chi connectivity index (χ0v) is 4.85. The molecule has 9 heavy (non-hydrogen) atoms. The van der Waals surface area contributed by atoms with E-state index in [1.165, 1.54) is 0 Å². The Bertz CT molecular complexity index is 187. The summed E-state index contributed by atoms with van der Waals surface area (Å²) < 4.78 is 0. The van der Waals surface area contributed by atoms with E-state index in [0.29, 0.717) is 0 Å². The molecule has 0 unspecified atom stereocenters. The summed E-state index contributed by atoms with van der Waals surface area (Å²) in [5, 5.41) is 6.70. The third-order valence-corrected chi connectivity index (χ3v) is 1.35. The van der Waals surface area contributed by atoms with Gasteiger partial charge in [-0.3, -0.25) is 15.4 Å². The van der Waals surface area contributed by atoms with Crippen molar-refractivity contribution in [1.29, 1.82) is 0 Å². The number of hydrogen-bond donors (Lipinski definition) is 2. The first-order chi connectivity index (χ1) is 4.47. The van der Waals surface area contributed by atoms with E-state index < -0.39 is 0 Å². The van der Waals surface area contributed by atoms with Gasteiger partial charge < -0.3 is 0 Å². The largest absolute Gasteiger partial charge is 0.280 e. The zero-order valence-electron chi connectivity index (χ0n) is 4.85. The van der Waals surface area contributed by atoms with Gasteiger partial charge >= 0.3 is 0 Å². The van der Waals surface area contributed by atoms with Crippen LogP contribution >= 0.6 is 0 Å². The minimum atomic E-state index is 0.717. The fraction of sp³-hybridized carbons (Fsp3) is 0.400. The lowest BCUT2D eigenvalue weighted by atomic mass is 10.3. The molecule has 2 heterocycles. The number of rotatable bonds is 0. The molecule has 0 aromatic carbocycles. The van der Waals surface area contributed by atoms with Gasteiger partial charge in [0, 0.05) is 6.42 Å². The molecule has 0 atom stereocenters. The molecule has 4 heteroatoms. The van der Waals surface area contributed by atoms with Crippen molar-refractivity contribution in [2.45, 2.75) is 6.42 Å². The smallest absolute Gasteiger partial charge is 0.101 e. The Balaban J connectivity index is 2.39. The van der Waals surface area contributed by atoms with E-state index in [4.69, 9.17) is 4.84 Å². The fourth-order valence-electron chi connectivity index (χ4n) is 0.873. The summed E-state index contributed by atoms with van der Waals surface area (Å²) in [6, 6.07) is 0. The number of anilines is 1. The van der Waals surface area contributed by atoms with Crippen molar-refractivity contribution < 1.29 is 4.84 Å². The molecule has 0 saturated carbocycles. The van der Waals surface area contributed by atoms with Crippen molar-refractivity contribution in [3.8, 4) is 0 Å². The van der Waals surface area contributed by atoms with Crippen LogP contribution in [0.4, 0.5) is 5.69 Å². The van der Waals surface area contributed by atoms with Crippen molar-refractivity contribution in [3.63, 3.8) is 0 Å². The number of fused-ring (bicyclic) bond motifs is 1. The molecule has 48 valence electrons. The molecule has 0 aliphatic carbocycles. The molecule has 0 bridgehead atoms. The van der Waals surface area contributed by atoms with Gasteiger partial charge in [-0.2, -0.15) is 5.10 Å². The summed E-state index contributed by atoms with van der Waals surface area (Å²) in [6.07, 6.45) is 2.64. The maximum atomic E-state index is 4.94. The van der Waals surface area contributed by atoms with Gasteiger partial charge in [0.2, 0.25) is 0 Å². The number of aromatic nitrogens is 2. The minimum Gasteiger partial charge on any atom is -0.280 e. The van der Waals surface area contributed by atoms with Crippen LogP contribution in [-0.2, 0) is 11.3 Å². The van der Waals surface area contributed by atoms with Crippen LogP contribution < -0.4 is 5.48 Å². The molecule has 2 N–H and O–H groups in total. The van der Waals surface area contributed by atoms with Gasteiger partial charge in [-0.15, -0.1) is 0 Å². The molecule has 1 aromatic heterocycles. The zero-order chi connectivity index (χ0) is 6.10. The first kappa shape index (κ1) is 4.81. The summed E-state index contributed by atoms with van der Waals surface area (Å²) in [6.45, 7) is 0.717. The quantitative estimate of drug-likeness (QED) is 0.524. The highest BCUT2D eigenvalue weighted by Gasteiger charge is 2.08. The molecule has 0 amide bonds. The van der Waals surface area contributed by atoms with Gasteiger partial charge in [0.15, 0.2) is 0 Å². The van der Waals surface area contributed by atoms with Gasteiger partial charge in [-0.05, 0) is 0 Å². The molecule has 1 aliphatic rings. The van der Waals surface area contributed by atoms with E-state index in [9.17, 15) is 0 Å². The minimum absolute atomic E-state index is 0.717. The first-order valence-corrected chi connectivity index (χ1v) is 2.87. The Morgan fingerprint density at radius 2 is 2.67 bits per heavy atom. The van der Waals surface area contributed by atoms with Crippen molar-refractivity contribution in [2.75, 3.05) is 12.1 Å². The molecule has 4 nitrogen and oxygen atoms in total. The van der Waals surface area contributed by atoms with Crippen molar-refractivity contribution >= 4 is 5.69 Å². The van der Waals surface area contributed by atoms with Crippen molar-refractivity contribution in [2.24, 2.45) is 0 Å². The second-order valence-electron chi connectivity index (χ2n) is 1.96. The van der Waals surface area contributed by atoms with Crippen LogP contribution in [0.25, 0.3) is 0 Å². The lowest BCUT2D eigenvalue weighted by Crippen LogP contribution is -2.12. The van der Waals surface area contributed by atoms with Gasteiger partial charge in [0.05, 0.1) is 18.5 Å². The molecule has 0 saturated heterocycles. The second kappa shape index (κ2) is 1.73. The highest BCUT2D eigenvalue weighted by Crippen LogP contribution is 2.15. The van der Waals surface area contributed by atoms with Crippen LogP contribution in [0.5, 0.6) is 0 Å². The Hall–Kier alpha value is -1.03. The Morgan fingerprint density at radius 3 is 3.56 bits per heavy atom. The molecule has 0 spiro atoms. The van der Waals surface area contributed by atoms with E-state index in [1.807, 2.05) is 0 Å². The molecule has 1 aromatic rings. The summed E-state index contributed by atoms with van der Waals surface area (Å²) in [5.74, 6) is 0. The lowest BCUT2D eigenvalue weighted by Gasteiger charge is -2.11. The first-order valence-electron chi connectivity index (χ1n) is 2.87. The highest BCUT2D eigenvalue weighted by molar-refractivity contribution is 5.44. The summed E-state index contributed by atoms with van der Waals surface area (Å²) in [7, 11) is 0. The van der Waals surface area contributed by atoms with Crippen molar-refractivity contribution in [3.05, 3.63) is 11.9 Å². The fourth-order valence-corrected chi connectivity index (χ4v) is 0.873. The average molecular weight is 125 g/mol. The van der Waals surface area contributed by atoms with Crippen LogP contribution in [0.3, 0.4) is 0 Å². The predicted molar refractivity (Wildman–Crippen MR) is 31.9 cm³/mol. The Labute approximate surface area is 52.2 Å². The number of nitrogens with one attached hydrogen (secondary N) is 2. The number of aromatic amines is 1. The Morgan fingerprint density at radius 1 is 1.67 bits per heavy atom. The van der Waals surface area contributed by atoms with Crippen molar-refractivity contribution in [1.82, 2.24) is 10.2 Å². The number of H-pyrrole nitrogens is 1. The number of hydrogen-bond acceptors (Lipinski definition) is 3. The van der Waals surface area contributed by atoms with Gasteiger partial charge in [-0.1, -0.05) is 0 Å². The van der Waals surface area contributed by atoms with E-state index in [0.717, 1.165) is 24.4 Å². The maximum Gasteiger partial charge on any atom is 0.101 e. The third kappa shape index (κ3) is 0.675. The van der Waals surface area contributed by atoms with Crippen LogP contribution in [0.1, 0.15) is 5.69 Å².